The number of aromatic amines is 1. The SMILES string of the molecule is CC(C)(C)OC(=O)N1C[C@@H]2[C@H](C1)[C@H]2c1cc(I)n[nH]1. The molecule has 0 spiro atoms. The van der Waals surface area contributed by atoms with Crippen molar-refractivity contribution in [3.05, 3.63) is 15.5 Å². The predicted octanol–water partition coefficient (Wildman–Crippen LogP) is 2.59. The molecule has 2 fully saturated rings. The van der Waals surface area contributed by atoms with E-state index in [9.17, 15) is 4.79 Å². The Hall–Kier alpha value is -0.790. The summed E-state index contributed by atoms with van der Waals surface area (Å²) in [7, 11) is 0. The van der Waals surface area contributed by atoms with Gasteiger partial charge in [-0.15, -0.1) is 0 Å². The molecule has 1 saturated heterocycles. The highest BCUT2D eigenvalue weighted by atomic mass is 127. The minimum absolute atomic E-state index is 0.183. The molecule has 3 atom stereocenters. The number of halogens is 1. The van der Waals surface area contributed by atoms with Gasteiger partial charge in [-0.1, -0.05) is 0 Å². The van der Waals surface area contributed by atoms with Gasteiger partial charge in [0.1, 0.15) is 9.30 Å². The standard InChI is InChI=1S/C13H18IN3O2/c1-13(2,3)19-12(18)17-5-7-8(6-17)11(7)9-4-10(14)16-15-9/h4,7-8,11H,5-6H2,1-3H3,(H,15,16)/t7-,8+,11+. The second kappa shape index (κ2) is 4.36. The zero-order chi connectivity index (χ0) is 13.8. The number of hydrogen-bond donors (Lipinski definition) is 1. The quantitative estimate of drug-likeness (QED) is 0.768. The maximum absolute atomic E-state index is 12.0. The average molecular weight is 375 g/mol. The number of carbonyl (C=O) groups excluding carboxylic acids is 1. The van der Waals surface area contributed by atoms with Gasteiger partial charge in [-0.25, -0.2) is 4.79 Å². The van der Waals surface area contributed by atoms with Crippen molar-refractivity contribution in [2.24, 2.45) is 11.8 Å². The summed E-state index contributed by atoms with van der Waals surface area (Å²) in [5.74, 6) is 1.70. The van der Waals surface area contributed by atoms with Crippen molar-refractivity contribution in [2.45, 2.75) is 32.3 Å². The van der Waals surface area contributed by atoms with Crippen LogP contribution < -0.4 is 0 Å². The minimum Gasteiger partial charge on any atom is -0.444 e. The monoisotopic (exact) mass is 375 g/mol. The number of aromatic nitrogens is 2. The van der Waals surface area contributed by atoms with Gasteiger partial charge in [0, 0.05) is 24.7 Å². The van der Waals surface area contributed by atoms with E-state index >= 15 is 0 Å². The summed E-state index contributed by atoms with van der Waals surface area (Å²) < 4.78 is 6.40. The molecule has 1 saturated carbocycles. The zero-order valence-corrected chi connectivity index (χ0v) is 13.5. The van der Waals surface area contributed by atoms with Crippen molar-refractivity contribution in [1.82, 2.24) is 15.1 Å². The fourth-order valence-corrected chi connectivity index (χ4v) is 3.40. The van der Waals surface area contributed by atoms with E-state index in [0.717, 1.165) is 16.8 Å². The molecule has 0 bridgehead atoms. The summed E-state index contributed by atoms with van der Waals surface area (Å²) in [5.41, 5.74) is 0.797. The van der Waals surface area contributed by atoms with E-state index in [1.165, 1.54) is 5.69 Å². The van der Waals surface area contributed by atoms with Gasteiger partial charge < -0.3 is 9.64 Å². The molecule has 5 nitrogen and oxygen atoms in total. The maximum Gasteiger partial charge on any atom is 0.410 e. The van der Waals surface area contributed by atoms with Crippen molar-refractivity contribution in [3.63, 3.8) is 0 Å². The molecule has 0 unspecified atom stereocenters. The molecule has 1 aromatic heterocycles. The van der Waals surface area contributed by atoms with E-state index in [0.29, 0.717) is 17.8 Å². The first-order valence-electron chi connectivity index (χ1n) is 6.54. The number of H-pyrrole nitrogens is 1. The van der Waals surface area contributed by atoms with Crippen LogP contribution in [0.1, 0.15) is 32.4 Å². The number of rotatable bonds is 1. The lowest BCUT2D eigenvalue weighted by Gasteiger charge is -2.25. The van der Waals surface area contributed by atoms with Crippen LogP contribution in [0.15, 0.2) is 6.07 Å². The van der Waals surface area contributed by atoms with Crippen molar-refractivity contribution in [2.75, 3.05) is 13.1 Å². The summed E-state index contributed by atoms with van der Waals surface area (Å²) >= 11 is 2.21. The Morgan fingerprint density at radius 3 is 2.58 bits per heavy atom. The first kappa shape index (κ1) is 13.2. The number of likely N-dealkylation sites (tertiary alicyclic amines) is 1. The molecule has 1 amide bonds. The van der Waals surface area contributed by atoms with Crippen LogP contribution >= 0.6 is 22.6 Å². The third-order valence-electron chi connectivity index (χ3n) is 3.77. The zero-order valence-electron chi connectivity index (χ0n) is 11.3. The van der Waals surface area contributed by atoms with Gasteiger partial charge in [-0.2, -0.15) is 5.10 Å². The molecular formula is C13H18IN3O2. The highest BCUT2D eigenvalue weighted by Crippen LogP contribution is 2.57. The first-order chi connectivity index (χ1) is 8.85. The van der Waals surface area contributed by atoms with Gasteiger partial charge in [0.2, 0.25) is 0 Å². The van der Waals surface area contributed by atoms with Crippen molar-refractivity contribution in [3.8, 4) is 0 Å². The Morgan fingerprint density at radius 1 is 1.47 bits per heavy atom. The van der Waals surface area contributed by atoms with Crippen LogP contribution in [0.3, 0.4) is 0 Å². The summed E-state index contributed by atoms with van der Waals surface area (Å²) in [5, 5.41) is 7.25. The van der Waals surface area contributed by atoms with Gasteiger partial charge in [0.05, 0.1) is 0 Å². The average Bonchev–Trinajstić information content (AvgIpc) is 2.67. The molecule has 19 heavy (non-hydrogen) atoms. The summed E-state index contributed by atoms with van der Waals surface area (Å²) in [6.45, 7) is 7.31. The van der Waals surface area contributed by atoms with Crippen LogP contribution in [0, 0.1) is 15.5 Å². The largest absolute Gasteiger partial charge is 0.444 e. The molecule has 2 aliphatic rings. The van der Waals surface area contributed by atoms with E-state index in [1.54, 1.807) is 0 Å². The fourth-order valence-electron chi connectivity index (χ4n) is 2.94. The third kappa shape index (κ3) is 2.59. The molecule has 104 valence electrons. The number of piperidine rings is 1. The smallest absolute Gasteiger partial charge is 0.410 e. The Bertz CT molecular complexity index is 496. The fraction of sp³-hybridized carbons (Fsp3) is 0.692. The lowest BCUT2D eigenvalue weighted by Crippen LogP contribution is -2.36. The van der Waals surface area contributed by atoms with Crippen LogP contribution in [-0.2, 0) is 4.74 Å². The first-order valence-corrected chi connectivity index (χ1v) is 7.62. The van der Waals surface area contributed by atoms with Gasteiger partial charge in [-0.05, 0) is 61.3 Å². The number of amides is 1. The van der Waals surface area contributed by atoms with Crippen LogP contribution in [0.2, 0.25) is 0 Å². The Balaban J connectivity index is 1.57. The molecule has 0 radical (unpaired) electrons. The van der Waals surface area contributed by atoms with E-state index in [4.69, 9.17) is 4.74 Å². The van der Waals surface area contributed by atoms with Crippen LogP contribution in [0.5, 0.6) is 0 Å². The lowest BCUT2D eigenvalue weighted by molar-refractivity contribution is 0.0271. The van der Waals surface area contributed by atoms with E-state index < -0.39 is 5.60 Å². The van der Waals surface area contributed by atoms with Gasteiger partial charge in [0.15, 0.2) is 0 Å². The summed E-state index contributed by atoms with van der Waals surface area (Å²) in [6, 6.07) is 2.10. The lowest BCUT2D eigenvalue weighted by atomic mass is 10.2. The molecular weight excluding hydrogens is 357 g/mol. The van der Waals surface area contributed by atoms with E-state index in [2.05, 4.69) is 38.9 Å². The molecule has 1 aliphatic heterocycles. The molecule has 1 N–H and O–H groups in total. The van der Waals surface area contributed by atoms with Crippen molar-refractivity contribution in [1.29, 1.82) is 0 Å². The van der Waals surface area contributed by atoms with Crippen LogP contribution in [0.4, 0.5) is 4.79 Å². The molecule has 6 heteroatoms. The summed E-state index contributed by atoms with van der Waals surface area (Å²) in [4.78, 5) is 13.8. The Kier molecular flexibility index (Phi) is 3.03. The van der Waals surface area contributed by atoms with Gasteiger partial charge >= 0.3 is 6.09 Å². The van der Waals surface area contributed by atoms with Gasteiger partial charge in [-0.3, -0.25) is 5.10 Å². The number of fused-ring (bicyclic) bond motifs is 1. The van der Waals surface area contributed by atoms with Crippen molar-refractivity contribution < 1.29 is 9.53 Å². The number of nitrogens with zero attached hydrogens (tertiary/aromatic N) is 2. The van der Waals surface area contributed by atoms with Gasteiger partial charge in [0.25, 0.3) is 0 Å². The molecule has 1 aliphatic carbocycles. The molecule has 0 aromatic carbocycles. The second-order valence-corrected chi connectivity index (χ2v) is 7.49. The van der Waals surface area contributed by atoms with E-state index in [1.807, 2.05) is 25.7 Å². The van der Waals surface area contributed by atoms with E-state index in [-0.39, 0.29) is 6.09 Å². The number of ether oxygens (including phenoxy) is 1. The van der Waals surface area contributed by atoms with Crippen LogP contribution in [-0.4, -0.2) is 39.9 Å². The normalized spacial score (nSPS) is 29.3. The maximum atomic E-state index is 12.0. The van der Waals surface area contributed by atoms with Crippen LogP contribution in [0.25, 0.3) is 0 Å². The Labute approximate surface area is 126 Å². The number of hydrogen-bond acceptors (Lipinski definition) is 3. The predicted molar refractivity (Wildman–Crippen MR) is 78.8 cm³/mol. The Morgan fingerprint density at radius 2 is 2.11 bits per heavy atom. The number of carbonyl (C=O) groups is 1. The van der Waals surface area contributed by atoms with Crippen molar-refractivity contribution >= 4 is 28.7 Å². The highest BCUT2D eigenvalue weighted by Gasteiger charge is 2.58. The topological polar surface area (TPSA) is 58.2 Å². The minimum atomic E-state index is -0.414. The summed E-state index contributed by atoms with van der Waals surface area (Å²) in [6.07, 6.45) is -0.183. The number of nitrogens with one attached hydrogen (secondary N) is 1. The molecule has 3 rings (SSSR count). The molecule has 2 heterocycles. The second-order valence-electron chi connectivity index (χ2n) is 6.38. The molecule has 1 aromatic rings. The highest BCUT2D eigenvalue weighted by molar-refractivity contribution is 14.1. The third-order valence-corrected chi connectivity index (χ3v) is 4.32.